The summed E-state index contributed by atoms with van der Waals surface area (Å²) in [6, 6.07) is 21.0. The Morgan fingerprint density at radius 2 is 1.97 bits per heavy atom. The van der Waals surface area contributed by atoms with Crippen molar-refractivity contribution in [3.05, 3.63) is 77.9 Å². The highest BCUT2D eigenvalue weighted by molar-refractivity contribution is 7.98. The molecule has 4 rings (SSSR count). The van der Waals surface area contributed by atoms with Gasteiger partial charge in [-0.3, -0.25) is 4.79 Å². The third-order valence-corrected chi connectivity index (χ3v) is 5.30. The van der Waals surface area contributed by atoms with Crippen molar-refractivity contribution in [2.75, 3.05) is 18.7 Å². The number of aromatic nitrogens is 3. The number of hydrogen-bond donors (Lipinski definition) is 1. The minimum Gasteiger partial charge on any atom is -0.497 e. The zero-order chi connectivity index (χ0) is 20.2. The number of carbonyl (C=O) groups excluding carboxylic acids is 1. The van der Waals surface area contributed by atoms with Crippen LogP contribution in [-0.4, -0.2) is 34.3 Å². The van der Waals surface area contributed by atoms with Crippen LogP contribution in [0.3, 0.4) is 0 Å². The van der Waals surface area contributed by atoms with Crippen molar-refractivity contribution in [2.24, 2.45) is 0 Å². The molecule has 1 N–H and O–H groups in total. The Hall–Kier alpha value is -3.32. The SMILES string of the molecule is COc1cccc(Cn2nnc3cc(C(=O)Nc4cccc(SC)c4)ccc32)c1. The van der Waals surface area contributed by atoms with Gasteiger partial charge in [0.25, 0.3) is 5.91 Å². The molecule has 3 aromatic carbocycles. The Balaban J connectivity index is 1.54. The summed E-state index contributed by atoms with van der Waals surface area (Å²) in [6.45, 7) is 0.570. The van der Waals surface area contributed by atoms with Crippen molar-refractivity contribution in [2.45, 2.75) is 11.4 Å². The summed E-state index contributed by atoms with van der Waals surface area (Å²) in [5.74, 6) is 0.629. The molecule has 0 saturated carbocycles. The van der Waals surface area contributed by atoms with E-state index in [1.807, 2.05) is 65.5 Å². The van der Waals surface area contributed by atoms with E-state index in [2.05, 4.69) is 15.6 Å². The van der Waals surface area contributed by atoms with Gasteiger partial charge in [-0.2, -0.15) is 0 Å². The third kappa shape index (κ3) is 4.25. The molecule has 7 heteroatoms. The van der Waals surface area contributed by atoms with Crippen molar-refractivity contribution < 1.29 is 9.53 Å². The monoisotopic (exact) mass is 404 g/mol. The minimum atomic E-state index is -0.174. The number of rotatable bonds is 6. The molecular formula is C22H20N4O2S. The first-order chi connectivity index (χ1) is 14.2. The number of benzene rings is 3. The number of thioether (sulfide) groups is 1. The van der Waals surface area contributed by atoms with Gasteiger partial charge in [0, 0.05) is 16.1 Å². The smallest absolute Gasteiger partial charge is 0.255 e. The van der Waals surface area contributed by atoms with Crippen molar-refractivity contribution in [3.63, 3.8) is 0 Å². The fraction of sp³-hybridized carbons (Fsp3) is 0.136. The van der Waals surface area contributed by atoms with Gasteiger partial charge in [-0.05, 0) is 60.4 Å². The van der Waals surface area contributed by atoms with Gasteiger partial charge < -0.3 is 10.1 Å². The molecule has 0 aliphatic rings. The van der Waals surface area contributed by atoms with Gasteiger partial charge in [-0.1, -0.05) is 23.4 Å². The normalized spacial score (nSPS) is 10.8. The lowest BCUT2D eigenvalue weighted by molar-refractivity contribution is 0.102. The van der Waals surface area contributed by atoms with E-state index in [0.717, 1.165) is 27.4 Å². The predicted molar refractivity (Wildman–Crippen MR) is 116 cm³/mol. The summed E-state index contributed by atoms with van der Waals surface area (Å²) >= 11 is 1.63. The van der Waals surface area contributed by atoms with Gasteiger partial charge in [-0.15, -0.1) is 16.9 Å². The van der Waals surface area contributed by atoms with Crippen LogP contribution < -0.4 is 10.1 Å². The van der Waals surface area contributed by atoms with E-state index in [4.69, 9.17) is 4.74 Å². The number of anilines is 1. The predicted octanol–water partition coefficient (Wildman–Crippen LogP) is 4.46. The summed E-state index contributed by atoms with van der Waals surface area (Å²) < 4.78 is 7.09. The Kier molecular flexibility index (Phi) is 5.48. The fourth-order valence-corrected chi connectivity index (χ4v) is 3.54. The van der Waals surface area contributed by atoms with Gasteiger partial charge in [0.05, 0.1) is 19.2 Å². The average Bonchev–Trinajstić information content (AvgIpc) is 3.16. The van der Waals surface area contributed by atoms with Crippen LogP contribution in [0.2, 0.25) is 0 Å². The van der Waals surface area contributed by atoms with Crippen LogP contribution in [-0.2, 0) is 6.54 Å². The highest BCUT2D eigenvalue weighted by atomic mass is 32.2. The molecule has 6 nitrogen and oxygen atoms in total. The van der Waals surface area contributed by atoms with E-state index >= 15 is 0 Å². The maximum absolute atomic E-state index is 12.6. The summed E-state index contributed by atoms with van der Waals surface area (Å²) in [5, 5.41) is 11.4. The van der Waals surface area contributed by atoms with Gasteiger partial charge in [0.15, 0.2) is 0 Å². The molecule has 1 heterocycles. The summed E-state index contributed by atoms with van der Waals surface area (Å²) in [4.78, 5) is 13.7. The Morgan fingerprint density at radius 1 is 1.10 bits per heavy atom. The van der Waals surface area contributed by atoms with Gasteiger partial charge in [-0.25, -0.2) is 4.68 Å². The molecule has 0 radical (unpaired) electrons. The molecule has 0 atom stereocenters. The number of amides is 1. The Morgan fingerprint density at radius 3 is 2.79 bits per heavy atom. The van der Waals surface area contributed by atoms with E-state index in [1.165, 1.54) is 0 Å². The molecule has 0 aliphatic heterocycles. The zero-order valence-electron chi connectivity index (χ0n) is 16.1. The second kappa shape index (κ2) is 8.36. The molecule has 0 fully saturated rings. The third-order valence-electron chi connectivity index (χ3n) is 4.57. The van der Waals surface area contributed by atoms with Crippen LogP contribution in [0.1, 0.15) is 15.9 Å². The van der Waals surface area contributed by atoms with Crippen LogP contribution in [0.15, 0.2) is 71.6 Å². The molecule has 29 heavy (non-hydrogen) atoms. The van der Waals surface area contributed by atoms with E-state index in [9.17, 15) is 4.79 Å². The molecular weight excluding hydrogens is 384 g/mol. The lowest BCUT2D eigenvalue weighted by atomic mass is 10.1. The maximum atomic E-state index is 12.6. The van der Waals surface area contributed by atoms with Crippen molar-refractivity contribution >= 4 is 34.4 Å². The standard InChI is InChI=1S/C22H20N4O2S/c1-28-18-7-3-5-15(11-18)14-26-21-10-9-16(12-20(21)24-25-26)22(27)23-17-6-4-8-19(13-17)29-2/h3-13H,14H2,1-2H3,(H,23,27). The van der Waals surface area contributed by atoms with Gasteiger partial charge in [0.2, 0.25) is 0 Å². The quantitative estimate of drug-likeness (QED) is 0.481. The first-order valence-corrected chi connectivity index (χ1v) is 10.3. The summed E-state index contributed by atoms with van der Waals surface area (Å²) in [5.41, 5.74) is 3.92. The first kappa shape index (κ1) is 19.0. The summed E-state index contributed by atoms with van der Waals surface area (Å²) in [7, 11) is 1.65. The lowest BCUT2D eigenvalue weighted by Crippen LogP contribution is -2.11. The number of carbonyl (C=O) groups is 1. The fourth-order valence-electron chi connectivity index (χ4n) is 3.08. The van der Waals surface area contributed by atoms with Gasteiger partial charge in [0.1, 0.15) is 11.3 Å². The minimum absolute atomic E-state index is 0.174. The largest absolute Gasteiger partial charge is 0.497 e. The topological polar surface area (TPSA) is 69.0 Å². The average molecular weight is 404 g/mol. The molecule has 1 amide bonds. The Bertz CT molecular complexity index is 1170. The van der Waals surface area contributed by atoms with E-state index < -0.39 is 0 Å². The molecule has 1 aromatic heterocycles. The molecule has 0 unspecified atom stereocenters. The number of nitrogens with one attached hydrogen (secondary N) is 1. The molecule has 0 saturated heterocycles. The van der Waals surface area contributed by atoms with E-state index in [-0.39, 0.29) is 5.91 Å². The van der Waals surface area contributed by atoms with E-state index in [1.54, 1.807) is 31.0 Å². The zero-order valence-corrected chi connectivity index (χ0v) is 16.9. The van der Waals surface area contributed by atoms with Gasteiger partial charge >= 0.3 is 0 Å². The van der Waals surface area contributed by atoms with Crippen LogP contribution >= 0.6 is 11.8 Å². The highest BCUT2D eigenvalue weighted by Gasteiger charge is 2.11. The van der Waals surface area contributed by atoms with Crippen LogP contribution in [0, 0.1) is 0 Å². The molecule has 0 spiro atoms. The molecule has 146 valence electrons. The highest BCUT2D eigenvalue weighted by Crippen LogP contribution is 2.21. The molecule has 0 aliphatic carbocycles. The van der Waals surface area contributed by atoms with Crippen molar-refractivity contribution in [1.82, 2.24) is 15.0 Å². The maximum Gasteiger partial charge on any atom is 0.255 e. The number of methoxy groups -OCH3 is 1. The second-order valence-electron chi connectivity index (χ2n) is 6.49. The Labute approximate surface area is 172 Å². The van der Waals surface area contributed by atoms with Crippen LogP contribution in [0.25, 0.3) is 11.0 Å². The second-order valence-corrected chi connectivity index (χ2v) is 7.37. The number of ether oxygens (including phenoxy) is 1. The summed E-state index contributed by atoms with van der Waals surface area (Å²) in [6.07, 6.45) is 2.00. The first-order valence-electron chi connectivity index (χ1n) is 9.08. The molecule has 0 bridgehead atoms. The van der Waals surface area contributed by atoms with E-state index in [0.29, 0.717) is 17.6 Å². The van der Waals surface area contributed by atoms with Crippen molar-refractivity contribution in [1.29, 1.82) is 0 Å². The van der Waals surface area contributed by atoms with Crippen LogP contribution in [0.5, 0.6) is 5.75 Å². The number of nitrogens with zero attached hydrogens (tertiary/aromatic N) is 3. The van der Waals surface area contributed by atoms with Crippen LogP contribution in [0.4, 0.5) is 5.69 Å². The number of fused-ring (bicyclic) bond motifs is 1. The number of hydrogen-bond acceptors (Lipinski definition) is 5. The van der Waals surface area contributed by atoms with Crippen molar-refractivity contribution in [3.8, 4) is 5.75 Å². The molecule has 4 aromatic rings. The lowest BCUT2D eigenvalue weighted by Gasteiger charge is -2.07.